The van der Waals surface area contributed by atoms with Crippen LogP contribution in [0.2, 0.25) is 0 Å². The van der Waals surface area contributed by atoms with Crippen LogP contribution in [0.15, 0.2) is 42.5 Å². The quantitative estimate of drug-likeness (QED) is 0.887. The molecule has 0 bridgehead atoms. The number of carboxylic acid groups (broad SMARTS) is 1. The molecule has 0 saturated carbocycles. The largest absolute Gasteiger partial charge is 0.478 e. The van der Waals surface area contributed by atoms with Crippen LogP contribution in [0.1, 0.15) is 36.7 Å². The molecule has 0 aromatic heterocycles. The van der Waals surface area contributed by atoms with E-state index >= 15 is 0 Å². The van der Waals surface area contributed by atoms with Crippen LogP contribution in [0.25, 0.3) is 16.8 Å². The predicted octanol–water partition coefficient (Wildman–Crippen LogP) is 4.08. The molecule has 2 aromatic carbocycles. The second-order valence-electron chi connectivity index (χ2n) is 6.34. The van der Waals surface area contributed by atoms with E-state index in [9.17, 15) is 14.7 Å². The normalized spacial score (nSPS) is 11.6. The van der Waals surface area contributed by atoms with E-state index in [-0.39, 0.29) is 5.56 Å². The molecule has 0 saturated heterocycles. The molecule has 0 spiro atoms. The summed E-state index contributed by atoms with van der Waals surface area (Å²) in [6.07, 6.45) is 3.18. The zero-order valence-corrected chi connectivity index (χ0v) is 14.0. The molecule has 0 aliphatic rings. The molecule has 0 fully saturated rings. The lowest BCUT2D eigenvalue weighted by Gasteiger charge is -2.19. The van der Waals surface area contributed by atoms with Crippen molar-refractivity contribution in [1.29, 1.82) is 0 Å². The average Bonchev–Trinajstić information content (AvgIpc) is 2.49. The molecule has 126 valence electrons. The number of hydrogen-bond donors (Lipinski definition) is 2. The van der Waals surface area contributed by atoms with Gasteiger partial charge < -0.3 is 15.2 Å². The number of carbonyl (C=O) groups excluding carboxylic acids is 1. The van der Waals surface area contributed by atoms with E-state index in [0.717, 1.165) is 10.9 Å². The number of nitrogens with one attached hydrogen (secondary N) is 1. The standard InChI is InChI=1S/C19H21NO4/c1-19(2,3)24-18(23)20-12-6-8-13-7-4-10-15-14(13)9-5-11-16(15)17(21)22/h4-11H,12H2,1-3H3,(H,20,23)(H,21,22). The van der Waals surface area contributed by atoms with E-state index in [1.165, 1.54) is 0 Å². The van der Waals surface area contributed by atoms with Crippen molar-refractivity contribution in [1.82, 2.24) is 5.32 Å². The summed E-state index contributed by atoms with van der Waals surface area (Å²) in [7, 11) is 0. The molecule has 0 atom stereocenters. The van der Waals surface area contributed by atoms with Crippen molar-refractivity contribution in [2.45, 2.75) is 26.4 Å². The van der Waals surface area contributed by atoms with Gasteiger partial charge in [0.2, 0.25) is 0 Å². The Labute approximate surface area is 140 Å². The fourth-order valence-corrected chi connectivity index (χ4v) is 2.31. The Morgan fingerprint density at radius 1 is 1.12 bits per heavy atom. The molecule has 24 heavy (non-hydrogen) atoms. The number of fused-ring (bicyclic) bond motifs is 1. The van der Waals surface area contributed by atoms with Crippen LogP contribution in [0, 0.1) is 0 Å². The van der Waals surface area contributed by atoms with E-state index in [0.29, 0.717) is 11.9 Å². The highest BCUT2D eigenvalue weighted by Crippen LogP contribution is 2.23. The first-order valence-electron chi connectivity index (χ1n) is 7.66. The van der Waals surface area contributed by atoms with Gasteiger partial charge in [-0.3, -0.25) is 0 Å². The zero-order chi connectivity index (χ0) is 17.7. The molecular weight excluding hydrogens is 306 g/mol. The summed E-state index contributed by atoms with van der Waals surface area (Å²) in [5, 5.41) is 13.4. The van der Waals surface area contributed by atoms with Crippen LogP contribution in [-0.2, 0) is 4.74 Å². The number of amides is 1. The van der Waals surface area contributed by atoms with Crippen molar-refractivity contribution in [3.8, 4) is 0 Å². The summed E-state index contributed by atoms with van der Waals surface area (Å²) in [5.41, 5.74) is 0.632. The van der Waals surface area contributed by atoms with Gasteiger partial charge in [-0.25, -0.2) is 9.59 Å². The maximum atomic E-state index is 11.6. The van der Waals surface area contributed by atoms with Gasteiger partial charge in [0, 0.05) is 6.54 Å². The molecule has 0 radical (unpaired) electrons. The Morgan fingerprint density at radius 2 is 1.79 bits per heavy atom. The van der Waals surface area contributed by atoms with E-state index in [2.05, 4.69) is 5.32 Å². The third-order valence-corrected chi connectivity index (χ3v) is 3.25. The summed E-state index contributed by atoms with van der Waals surface area (Å²) < 4.78 is 5.15. The van der Waals surface area contributed by atoms with E-state index in [1.54, 1.807) is 45.0 Å². The van der Waals surface area contributed by atoms with Crippen molar-refractivity contribution in [3.05, 3.63) is 53.6 Å². The lowest BCUT2D eigenvalue weighted by atomic mass is 10.00. The van der Waals surface area contributed by atoms with Crippen LogP contribution in [0.5, 0.6) is 0 Å². The third kappa shape index (κ3) is 4.59. The van der Waals surface area contributed by atoms with Gasteiger partial charge in [0.1, 0.15) is 5.60 Å². The van der Waals surface area contributed by atoms with E-state index in [4.69, 9.17) is 4.74 Å². The number of ether oxygens (including phenoxy) is 1. The molecule has 0 unspecified atom stereocenters. The number of carbonyl (C=O) groups is 2. The summed E-state index contributed by atoms with van der Waals surface area (Å²) >= 11 is 0. The molecule has 1 amide bonds. The lowest BCUT2D eigenvalue weighted by molar-refractivity contribution is 0.0533. The number of benzene rings is 2. The maximum absolute atomic E-state index is 11.6. The van der Waals surface area contributed by atoms with Gasteiger partial charge in [0.15, 0.2) is 0 Å². The Kier molecular flexibility index (Phi) is 5.24. The molecule has 0 aliphatic carbocycles. The van der Waals surface area contributed by atoms with Gasteiger partial charge >= 0.3 is 12.1 Å². The number of aromatic carboxylic acids is 1. The highest BCUT2D eigenvalue weighted by Gasteiger charge is 2.15. The lowest BCUT2D eigenvalue weighted by Crippen LogP contribution is -2.32. The summed E-state index contributed by atoms with van der Waals surface area (Å²) in [6, 6.07) is 10.7. The number of rotatable bonds is 4. The fraction of sp³-hybridized carbons (Fsp3) is 0.263. The molecular formula is C19H21NO4. The second kappa shape index (κ2) is 7.17. The maximum Gasteiger partial charge on any atom is 0.407 e. The molecule has 2 aromatic rings. The SMILES string of the molecule is CC(C)(C)OC(=O)NCC=Cc1cccc2c(C(=O)O)cccc12. The highest BCUT2D eigenvalue weighted by molar-refractivity contribution is 6.05. The monoisotopic (exact) mass is 327 g/mol. The Hall–Kier alpha value is -2.82. The van der Waals surface area contributed by atoms with Crippen LogP contribution >= 0.6 is 0 Å². The summed E-state index contributed by atoms with van der Waals surface area (Å²) in [5.74, 6) is -0.951. The fourth-order valence-electron chi connectivity index (χ4n) is 2.31. The zero-order valence-electron chi connectivity index (χ0n) is 14.0. The van der Waals surface area contributed by atoms with Gasteiger partial charge in [-0.1, -0.05) is 42.5 Å². The Morgan fingerprint density at radius 3 is 2.46 bits per heavy atom. The van der Waals surface area contributed by atoms with Crippen LogP contribution in [0.3, 0.4) is 0 Å². The minimum Gasteiger partial charge on any atom is -0.478 e. The molecule has 0 aliphatic heterocycles. The van der Waals surface area contributed by atoms with Crippen molar-refractivity contribution < 1.29 is 19.4 Å². The van der Waals surface area contributed by atoms with Crippen molar-refractivity contribution in [2.24, 2.45) is 0 Å². The van der Waals surface area contributed by atoms with Crippen molar-refractivity contribution >= 4 is 28.9 Å². The minimum atomic E-state index is -0.951. The number of alkyl carbamates (subject to hydrolysis) is 1. The molecule has 5 nitrogen and oxygen atoms in total. The van der Waals surface area contributed by atoms with Gasteiger partial charge in [0.05, 0.1) is 5.56 Å². The molecule has 0 heterocycles. The second-order valence-corrected chi connectivity index (χ2v) is 6.34. The minimum absolute atomic E-state index is 0.273. The molecule has 5 heteroatoms. The Bertz CT molecular complexity index is 788. The molecule has 2 rings (SSSR count). The van der Waals surface area contributed by atoms with Crippen LogP contribution < -0.4 is 5.32 Å². The summed E-state index contributed by atoms with van der Waals surface area (Å²) in [6.45, 7) is 5.74. The topological polar surface area (TPSA) is 75.6 Å². The number of hydrogen-bond acceptors (Lipinski definition) is 3. The van der Waals surface area contributed by atoms with Gasteiger partial charge in [0.25, 0.3) is 0 Å². The first kappa shape index (κ1) is 17.5. The average molecular weight is 327 g/mol. The van der Waals surface area contributed by atoms with Gasteiger partial charge in [-0.2, -0.15) is 0 Å². The third-order valence-electron chi connectivity index (χ3n) is 3.25. The first-order valence-corrected chi connectivity index (χ1v) is 7.66. The Balaban J connectivity index is 2.12. The van der Waals surface area contributed by atoms with Gasteiger partial charge in [-0.15, -0.1) is 0 Å². The van der Waals surface area contributed by atoms with Crippen LogP contribution in [0.4, 0.5) is 4.79 Å². The van der Waals surface area contributed by atoms with E-state index in [1.807, 2.05) is 24.3 Å². The van der Waals surface area contributed by atoms with Crippen LogP contribution in [-0.4, -0.2) is 29.3 Å². The van der Waals surface area contributed by atoms with Crippen molar-refractivity contribution in [2.75, 3.05) is 6.54 Å². The van der Waals surface area contributed by atoms with Crippen molar-refractivity contribution in [3.63, 3.8) is 0 Å². The smallest absolute Gasteiger partial charge is 0.407 e. The molecule has 2 N–H and O–H groups in total. The first-order chi connectivity index (χ1) is 11.3. The predicted molar refractivity (Wildman–Crippen MR) is 94.2 cm³/mol. The summed E-state index contributed by atoms with van der Waals surface area (Å²) in [4.78, 5) is 22.9. The highest BCUT2D eigenvalue weighted by atomic mass is 16.6. The number of carboxylic acids is 1. The van der Waals surface area contributed by atoms with E-state index < -0.39 is 17.7 Å². The van der Waals surface area contributed by atoms with Gasteiger partial charge in [-0.05, 0) is 43.2 Å².